The number of rotatable bonds is 6. The van der Waals surface area contributed by atoms with Crippen molar-refractivity contribution in [3.05, 3.63) is 47.7 Å². The molecule has 0 unspecified atom stereocenters. The molecule has 5 nitrogen and oxygen atoms in total. The van der Waals surface area contributed by atoms with Gasteiger partial charge in [-0.15, -0.1) is 0 Å². The van der Waals surface area contributed by atoms with Crippen molar-refractivity contribution in [1.82, 2.24) is 15.3 Å². The lowest BCUT2D eigenvalue weighted by Crippen LogP contribution is -2.26. The number of carbonyl (C=O) groups excluding carboxylic acids is 1. The summed E-state index contributed by atoms with van der Waals surface area (Å²) in [6, 6.07) is 1.84. The molecule has 1 aromatic heterocycles. The fraction of sp³-hybridized carbons (Fsp3) is 0.312. The first-order valence-electron chi connectivity index (χ1n) is 7.39. The van der Waals surface area contributed by atoms with Gasteiger partial charge in [-0.3, -0.25) is 4.79 Å². The number of nitrogens with one attached hydrogen (secondary N) is 2. The van der Waals surface area contributed by atoms with Crippen LogP contribution in [-0.2, 0) is 0 Å². The number of benzene rings is 1. The maximum Gasteiger partial charge on any atom is 0.271 e. The smallest absolute Gasteiger partial charge is 0.271 e. The second-order valence-corrected chi connectivity index (χ2v) is 5.57. The standard InChI is InChI=1S/C16H17F3N4O/c1-9(2)5-6-20-16(24)12-7-22-13(8-21-12)23-11-4-3-10(17)14(18)15(11)19/h3-4,7-9H,5-6H2,1-2H3,(H,20,24)(H,22,23). The first-order chi connectivity index (χ1) is 11.4. The van der Waals surface area contributed by atoms with Crippen LogP contribution < -0.4 is 10.6 Å². The Hall–Kier alpha value is -2.64. The highest BCUT2D eigenvalue weighted by Gasteiger charge is 2.14. The molecule has 0 saturated heterocycles. The summed E-state index contributed by atoms with van der Waals surface area (Å²) in [6.07, 6.45) is 3.26. The summed E-state index contributed by atoms with van der Waals surface area (Å²) < 4.78 is 39.6. The number of hydrogen-bond acceptors (Lipinski definition) is 4. The third-order valence-corrected chi connectivity index (χ3v) is 3.19. The molecule has 1 amide bonds. The van der Waals surface area contributed by atoms with E-state index in [9.17, 15) is 18.0 Å². The number of hydrogen-bond donors (Lipinski definition) is 2. The third-order valence-electron chi connectivity index (χ3n) is 3.19. The van der Waals surface area contributed by atoms with Crippen molar-refractivity contribution in [1.29, 1.82) is 0 Å². The van der Waals surface area contributed by atoms with E-state index < -0.39 is 17.5 Å². The van der Waals surface area contributed by atoms with E-state index >= 15 is 0 Å². The van der Waals surface area contributed by atoms with Crippen LogP contribution in [0.4, 0.5) is 24.7 Å². The van der Waals surface area contributed by atoms with Crippen LogP contribution in [0.2, 0.25) is 0 Å². The summed E-state index contributed by atoms with van der Waals surface area (Å²) in [5.41, 5.74) is -0.174. The van der Waals surface area contributed by atoms with Gasteiger partial charge in [-0.25, -0.2) is 23.1 Å². The van der Waals surface area contributed by atoms with Crippen molar-refractivity contribution < 1.29 is 18.0 Å². The zero-order valence-electron chi connectivity index (χ0n) is 13.2. The number of anilines is 2. The van der Waals surface area contributed by atoms with Crippen molar-refractivity contribution >= 4 is 17.4 Å². The lowest BCUT2D eigenvalue weighted by Gasteiger charge is -2.09. The Kier molecular flexibility index (Phi) is 5.73. The lowest BCUT2D eigenvalue weighted by atomic mass is 10.1. The molecule has 0 radical (unpaired) electrons. The molecule has 0 aliphatic carbocycles. The summed E-state index contributed by atoms with van der Waals surface area (Å²) in [4.78, 5) is 19.7. The molecule has 0 saturated carbocycles. The minimum Gasteiger partial charge on any atom is -0.351 e. The minimum absolute atomic E-state index is 0.0960. The van der Waals surface area contributed by atoms with Gasteiger partial charge in [0.15, 0.2) is 17.5 Å². The molecule has 0 aliphatic rings. The van der Waals surface area contributed by atoms with Gasteiger partial charge in [0.2, 0.25) is 0 Å². The van der Waals surface area contributed by atoms with Crippen molar-refractivity contribution in [3.63, 3.8) is 0 Å². The van der Waals surface area contributed by atoms with E-state index in [1.54, 1.807) is 0 Å². The van der Waals surface area contributed by atoms with E-state index in [-0.39, 0.29) is 23.1 Å². The molecular formula is C16H17F3N4O. The van der Waals surface area contributed by atoms with Crippen LogP contribution in [0.15, 0.2) is 24.5 Å². The maximum absolute atomic E-state index is 13.6. The number of halogens is 3. The lowest BCUT2D eigenvalue weighted by molar-refractivity contribution is 0.0946. The predicted molar refractivity (Wildman–Crippen MR) is 83.4 cm³/mol. The predicted octanol–water partition coefficient (Wildman–Crippen LogP) is 3.41. The van der Waals surface area contributed by atoms with E-state index in [2.05, 4.69) is 20.6 Å². The largest absolute Gasteiger partial charge is 0.351 e. The van der Waals surface area contributed by atoms with Gasteiger partial charge < -0.3 is 10.6 Å². The van der Waals surface area contributed by atoms with Crippen LogP contribution in [0.25, 0.3) is 0 Å². The molecule has 2 N–H and O–H groups in total. The molecule has 128 valence electrons. The van der Waals surface area contributed by atoms with Crippen LogP contribution in [0.1, 0.15) is 30.8 Å². The Morgan fingerprint density at radius 1 is 1.12 bits per heavy atom. The molecule has 1 aromatic carbocycles. The van der Waals surface area contributed by atoms with Gasteiger partial charge in [-0.2, -0.15) is 0 Å². The second kappa shape index (κ2) is 7.76. The monoisotopic (exact) mass is 338 g/mol. The zero-order valence-corrected chi connectivity index (χ0v) is 13.2. The fourth-order valence-electron chi connectivity index (χ4n) is 1.84. The van der Waals surface area contributed by atoms with Crippen molar-refractivity contribution in [3.8, 4) is 0 Å². The van der Waals surface area contributed by atoms with E-state index in [1.165, 1.54) is 12.4 Å². The fourth-order valence-corrected chi connectivity index (χ4v) is 1.84. The highest BCUT2D eigenvalue weighted by atomic mass is 19.2. The van der Waals surface area contributed by atoms with Crippen LogP contribution in [0, 0.1) is 23.4 Å². The molecule has 1 heterocycles. The van der Waals surface area contributed by atoms with Crippen LogP contribution in [0.3, 0.4) is 0 Å². The average molecular weight is 338 g/mol. The molecule has 0 fully saturated rings. The van der Waals surface area contributed by atoms with E-state index in [4.69, 9.17) is 0 Å². The van der Waals surface area contributed by atoms with Gasteiger partial charge in [0.05, 0.1) is 18.1 Å². The molecular weight excluding hydrogens is 321 g/mol. The van der Waals surface area contributed by atoms with E-state index in [0.29, 0.717) is 12.5 Å². The van der Waals surface area contributed by atoms with Gasteiger partial charge in [0.1, 0.15) is 11.5 Å². The minimum atomic E-state index is -1.57. The van der Waals surface area contributed by atoms with Gasteiger partial charge in [0, 0.05) is 6.54 Å². The van der Waals surface area contributed by atoms with Gasteiger partial charge in [0.25, 0.3) is 5.91 Å². The number of nitrogens with zero attached hydrogens (tertiary/aromatic N) is 2. The van der Waals surface area contributed by atoms with Gasteiger partial charge in [-0.05, 0) is 24.5 Å². The van der Waals surface area contributed by atoms with Gasteiger partial charge >= 0.3 is 0 Å². The van der Waals surface area contributed by atoms with Crippen molar-refractivity contribution in [2.45, 2.75) is 20.3 Å². The van der Waals surface area contributed by atoms with Crippen LogP contribution >= 0.6 is 0 Å². The Morgan fingerprint density at radius 3 is 2.50 bits per heavy atom. The highest BCUT2D eigenvalue weighted by Crippen LogP contribution is 2.22. The number of aromatic nitrogens is 2. The Balaban J connectivity index is 2.02. The molecule has 0 aliphatic heterocycles. The molecule has 8 heteroatoms. The third kappa shape index (κ3) is 4.43. The second-order valence-electron chi connectivity index (χ2n) is 5.57. The molecule has 2 rings (SSSR count). The Labute approximate surface area is 137 Å². The molecule has 0 atom stereocenters. The van der Waals surface area contributed by atoms with Crippen molar-refractivity contribution in [2.75, 3.05) is 11.9 Å². The molecule has 24 heavy (non-hydrogen) atoms. The topological polar surface area (TPSA) is 66.9 Å². The first-order valence-corrected chi connectivity index (χ1v) is 7.39. The molecule has 0 spiro atoms. The first kappa shape index (κ1) is 17.7. The molecule has 0 bridgehead atoms. The Morgan fingerprint density at radius 2 is 1.88 bits per heavy atom. The zero-order chi connectivity index (χ0) is 17.7. The normalized spacial score (nSPS) is 10.8. The quantitative estimate of drug-likeness (QED) is 0.792. The number of carbonyl (C=O) groups is 1. The van der Waals surface area contributed by atoms with Crippen LogP contribution in [-0.4, -0.2) is 22.4 Å². The van der Waals surface area contributed by atoms with Gasteiger partial charge in [-0.1, -0.05) is 13.8 Å². The molecule has 2 aromatic rings. The summed E-state index contributed by atoms with van der Waals surface area (Å²) in [6.45, 7) is 4.62. The van der Waals surface area contributed by atoms with E-state index in [0.717, 1.165) is 18.6 Å². The van der Waals surface area contributed by atoms with E-state index in [1.807, 2.05) is 13.8 Å². The van der Waals surface area contributed by atoms with Crippen molar-refractivity contribution in [2.24, 2.45) is 5.92 Å². The highest BCUT2D eigenvalue weighted by molar-refractivity contribution is 5.92. The average Bonchev–Trinajstić information content (AvgIpc) is 2.55. The Bertz CT molecular complexity index is 720. The number of amides is 1. The summed E-state index contributed by atoms with van der Waals surface area (Å²) in [5, 5.41) is 5.19. The van der Waals surface area contributed by atoms with Crippen LogP contribution in [0.5, 0.6) is 0 Å². The summed E-state index contributed by atoms with van der Waals surface area (Å²) >= 11 is 0. The SMILES string of the molecule is CC(C)CCNC(=O)c1cnc(Nc2ccc(F)c(F)c2F)cn1. The summed E-state index contributed by atoms with van der Waals surface area (Å²) in [5.74, 6) is -4.01. The maximum atomic E-state index is 13.6. The summed E-state index contributed by atoms with van der Waals surface area (Å²) in [7, 11) is 0.